The van der Waals surface area contributed by atoms with E-state index in [0.29, 0.717) is 21.9 Å². The topological polar surface area (TPSA) is 46.3 Å². The summed E-state index contributed by atoms with van der Waals surface area (Å²) < 4.78 is 13.6. The van der Waals surface area contributed by atoms with E-state index >= 15 is 0 Å². The van der Waals surface area contributed by atoms with Gasteiger partial charge in [-0.2, -0.15) is 0 Å². The normalized spacial score (nSPS) is 28.0. The van der Waals surface area contributed by atoms with Gasteiger partial charge in [0, 0.05) is 24.7 Å². The van der Waals surface area contributed by atoms with Crippen molar-refractivity contribution in [2.45, 2.75) is 25.3 Å². The molecule has 1 heterocycles. The molecule has 3 rings (SSSR count). The van der Waals surface area contributed by atoms with Crippen LogP contribution in [0.15, 0.2) is 22.7 Å². The highest BCUT2D eigenvalue weighted by atomic mass is 79.9. The van der Waals surface area contributed by atoms with Gasteiger partial charge in [-0.15, -0.1) is 12.4 Å². The van der Waals surface area contributed by atoms with Crippen LogP contribution in [0.2, 0.25) is 0 Å². The van der Waals surface area contributed by atoms with Crippen LogP contribution in [0.1, 0.15) is 29.6 Å². The summed E-state index contributed by atoms with van der Waals surface area (Å²) in [6, 6.07) is 4.64. The SMILES string of the molecule is Cl.NC1CCCC2CN(C(=O)c3ccc(F)c(Br)c3)CC12. The van der Waals surface area contributed by atoms with Crippen molar-refractivity contribution in [1.82, 2.24) is 4.90 Å². The molecule has 1 aliphatic carbocycles. The first-order chi connectivity index (χ1) is 9.56. The summed E-state index contributed by atoms with van der Waals surface area (Å²) in [5, 5.41) is 0. The number of carbonyl (C=O) groups is 1. The fraction of sp³-hybridized carbons (Fsp3) is 0.533. The maximum Gasteiger partial charge on any atom is 0.253 e. The van der Waals surface area contributed by atoms with Gasteiger partial charge in [-0.1, -0.05) is 6.42 Å². The Morgan fingerprint density at radius 3 is 2.76 bits per heavy atom. The predicted octanol–water partition coefficient (Wildman–Crippen LogP) is 3.21. The highest BCUT2D eigenvalue weighted by molar-refractivity contribution is 9.10. The second kappa shape index (κ2) is 6.63. The zero-order valence-electron chi connectivity index (χ0n) is 11.6. The van der Waals surface area contributed by atoms with Crippen LogP contribution >= 0.6 is 28.3 Å². The summed E-state index contributed by atoms with van der Waals surface area (Å²) >= 11 is 3.13. The van der Waals surface area contributed by atoms with E-state index in [1.165, 1.54) is 6.07 Å². The summed E-state index contributed by atoms with van der Waals surface area (Å²) in [6.45, 7) is 1.52. The van der Waals surface area contributed by atoms with Crippen LogP contribution in [-0.4, -0.2) is 29.9 Å². The number of hydrogen-bond acceptors (Lipinski definition) is 2. The van der Waals surface area contributed by atoms with Gasteiger partial charge in [0.25, 0.3) is 5.91 Å². The lowest BCUT2D eigenvalue weighted by molar-refractivity contribution is 0.0783. The molecule has 3 nitrogen and oxygen atoms in total. The van der Waals surface area contributed by atoms with Crippen molar-refractivity contribution in [3.8, 4) is 0 Å². The Morgan fingerprint density at radius 2 is 2.10 bits per heavy atom. The van der Waals surface area contributed by atoms with E-state index in [4.69, 9.17) is 5.73 Å². The molecule has 3 unspecified atom stereocenters. The predicted molar refractivity (Wildman–Crippen MR) is 86.1 cm³/mol. The minimum absolute atomic E-state index is 0. The molecule has 0 spiro atoms. The number of fused-ring (bicyclic) bond motifs is 1. The standard InChI is InChI=1S/C15H18BrFN2O.ClH/c16-12-6-9(4-5-13(12)17)15(20)19-7-10-2-1-3-14(18)11(10)8-19;/h4-6,10-11,14H,1-3,7-8,18H2;1H. The summed E-state index contributed by atoms with van der Waals surface area (Å²) in [5.41, 5.74) is 6.70. The summed E-state index contributed by atoms with van der Waals surface area (Å²) in [4.78, 5) is 14.4. The van der Waals surface area contributed by atoms with Gasteiger partial charge in [0.2, 0.25) is 0 Å². The van der Waals surface area contributed by atoms with Gasteiger partial charge in [0.15, 0.2) is 0 Å². The molecule has 0 radical (unpaired) electrons. The van der Waals surface area contributed by atoms with Gasteiger partial charge in [0.1, 0.15) is 5.82 Å². The third-order valence-electron chi connectivity index (χ3n) is 4.61. The number of halogens is 3. The highest BCUT2D eigenvalue weighted by Crippen LogP contribution is 2.36. The van der Waals surface area contributed by atoms with E-state index in [9.17, 15) is 9.18 Å². The number of nitrogens with zero attached hydrogens (tertiary/aromatic N) is 1. The molecule has 21 heavy (non-hydrogen) atoms. The average Bonchev–Trinajstić information content (AvgIpc) is 2.86. The smallest absolute Gasteiger partial charge is 0.253 e. The number of likely N-dealkylation sites (tertiary alicyclic amines) is 1. The second-order valence-corrected chi connectivity index (χ2v) is 6.71. The fourth-order valence-electron chi connectivity index (χ4n) is 3.49. The highest BCUT2D eigenvalue weighted by Gasteiger charge is 2.40. The Labute approximate surface area is 138 Å². The Balaban J connectivity index is 0.00000161. The van der Waals surface area contributed by atoms with Crippen molar-refractivity contribution in [3.05, 3.63) is 34.1 Å². The van der Waals surface area contributed by atoms with Gasteiger partial charge >= 0.3 is 0 Å². The maximum atomic E-state index is 13.2. The number of hydrogen-bond donors (Lipinski definition) is 1. The molecule has 2 N–H and O–H groups in total. The molecule has 0 aromatic heterocycles. The van der Waals surface area contributed by atoms with Crippen LogP contribution in [0.25, 0.3) is 0 Å². The van der Waals surface area contributed by atoms with Crippen LogP contribution in [0.5, 0.6) is 0 Å². The van der Waals surface area contributed by atoms with Crippen LogP contribution < -0.4 is 5.73 Å². The van der Waals surface area contributed by atoms with Gasteiger partial charge in [-0.25, -0.2) is 4.39 Å². The maximum absolute atomic E-state index is 13.2. The van der Waals surface area contributed by atoms with E-state index in [0.717, 1.165) is 32.4 Å². The van der Waals surface area contributed by atoms with E-state index in [2.05, 4.69) is 15.9 Å². The van der Waals surface area contributed by atoms with Crippen molar-refractivity contribution in [2.24, 2.45) is 17.6 Å². The molecule has 3 atom stereocenters. The molecule has 1 aliphatic heterocycles. The number of benzene rings is 1. The first-order valence-corrected chi connectivity index (χ1v) is 7.85. The summed E-state index contributed by atoms with van der Waals surface area (Å²) in [5.74, 6) is 0.592. The van der Waals surface area contributed by atoms with Crippen LogP contribution in [0.3, 0.4) is 0 Å². The third kappa shape index (κ3) is 3.25. The van der Waals surface area contributed by atoms with E-state index < -0.39 is 0 Å². The van der Waals surface area contributed by atoms with E-state index in [1.807, 2.05) is 4.90 Å². The van der Waals surface area contributed by atoms with Crippen molar-refractivity contribution >= 4 is 34.2 Å². The molecule has 2 aliphatic rings. The monoisotopic (exact) mass is 376 g/mol. The summed E-state index contributed by atoms with van der Waals surface area (Å²) in [7, 11) is 0. The number of nitrogens with two attached hydrogens (primary N) is 1. The van der Waals surface area contributed by atoms with E-state index in [1.54, 1.807) is 12.1 Å². The zero-order valence-corrected chi connectivity index (χ0v) is 14.0. The van der Waals surface area contributed by atoms with Gasteiger partial charge in [-0.05, 0) is 58.8 Å². The Kier molecular flexibility index (Phi) is 5.28. The number of carbonyl (C=O) groups excluding carboxylic acids is 1. The minimum Gasteiger partial charge on any atom is -0.338 e. The lowest BCUT2D eigenvalue weighted by atomic mass is 9.78. The Bertz CT molecular complexity index is 542. The summed E-state index contributed by atoms with van der Waals surface area (Å²) in [6.07, 6.45) is 3.38. The van der Waals surface area contributed by atoms with Gasteiger partial charge in [0.05, 0.1) is 4.47 Å². The van der Waals surface area contributed by atoms with Crippen molar-refractivity contribution < 1.29 is 9.18 Å². The van der Waals surface area contributed by atoms with Crippen LogP contribution in [0.4, 0.5) is 4.39 Å². The molecule has 1 saturated heterocycles. The molecule has 1 amide bonds. The molecular formula is C15H19BrClFN2O. The Hall–Kier alpha value is -0.650. The lowest BCUT2D eigenvalue weighted by Crippen LogP contribution is -2.38. The zero-order chi connectivity index (χ0) is 14.3. The molecular weight excluding hydrogens is 359 g/mol. The first-order valence-electron chi connectivity index (χ1n) is 7.06. The minimum atomic E-state index is -0.348. The number of rotatable bonds is 1. The molecule has 2 fully saturated rings. The van der Waals surface area contributed by atoms with E-state index in [-0.39, 0.29) is 30.2 Å². The molecule has 0 bridgehead atoms. The molecule has 1 saturated carbocycles. The third-order valence-corrected chi connectivity index (χ3v) is 5.22. The molecule has 6 heteroatoms. The van der Waals surface area contributed by atoms with Crippen LogP contribution in [-0.2, 0) is 0 Å². The molecule has 1 aromatic carbocycles. The molecule has 1 aromatic rings. The van der Waals surface area contributed by atoms with Crippen molar-refractivity contribution in [3.63, 3.8) is 0 Å². The van der Waals surface area contributed by atoms with Crippen molar-refractivity contribution in [2.75, 3.05) is 13.1 Å². The fourth-order valence-corrected chi connectivity index (χ4v) is 3.87. The number of amides is 1. The van der Waals surface area contributed by atoms with Crippen LogP contribution in [0, 0.1) is 17.7 Å². The second-order valence-electron chi connectivity index (χ2n) is 5.86. The van der Waals surface area contributed by atoms with Crippen molar-refractivity contribution in [1.29, 1.82) is 0 Å². The largest absolute Gasteiger partial charge is 0.338 e. The van der Waals surface area contributed by atoms with Gasteiger partial charge < -0.3 is 10.6 Å². The quantitative estimate of drug-likeness (QED) is 0.817. The first kappa shape index (κ1) is 16.7. The average molecular weight is 378 g/mol. The Morgan fingerprint density at radius 1 is 1.33 bits per heavy atom. The van der Waals surface area contributed by atoms with Gasteiger partial charge in [-0.3, -0.25) is 4.79 Å². The lowest BCUT2D eigenvalue weighted by Gasteiger charge is -2.29. The molecule has 116 valence electrons.